The van der Waals surface area contributed by atoms with Crippen LogP contribution in [0.25, 0.3) is 0 Å². The molecule has 11 heteroatoms. The van der Waals surface area contributed by atoms with Crippen molar-refractivity contribution in [2.45, 2.75) is 43.7 Å². The Morgan fingerprint density at radius 1 is 0.867 bits per heavy atom. The summed E-state index contributed by atoms with van der Waals surface area (Å²) in [4.78, 5) is 29.5. The molecule has 0 aliphatic heterocycles. The van der Waals surface area contributed by atoms with Crippen molar-refractivity contribution in [3.63, 3.8) is 0 Å². The Morgan fingerprint density at radius 3 is 2.16 bits per heavy atom. The number of halogens is 3. The molecule has 2 amide bonds. The number of carbonyl (C=O) groups excluding carboxylic acids is 2. The summed E-state index contributed by atoms with van der Waals surface area (Å²) in [5.74, 6) is -1.51. The molecule has 0 aliphatic rings. The van der Waals surface area contributed by atoms with Gasteiger partial charge in [-0.1, -0.05) is 97.2 Å². The average Bonchev–Trinajstić information content (AvgIpc) is 3.04. The van der Waals surface area contributed by atoms with Gasteiger partial charge in [0.15, 0.2) is 0 Å². The van der Waals surface area contributed by atoms with E-state index in [-0.39, 0.29) is 39.5 Å². The van der Waals surface area contributed by atoms with Crippen LogP contribution in [0.4, 0.5) is 10.1 Å². The number of hydrogen-bond acceptors (Lipinski definition) is 4. The maximum Gasteiger partial charge on any atom is 0.264 e. The van der Waals surface area contributed by atoms with E-state index in [4.69, 9.17) is 23.2 Å². The van der Waals surface area contributed by atoms with Crippen LogP contribution in [-0.4, -0.2) is 44.3 Å². The quantitative estimate of drug-likeness (QED) is 0.148. The number of benzene rings is 4. The maximum atomic E-state index is 14.4. The fraction of sp³-hybridized carbons (Fsp3) is 0.235. The Morgan fingerprint density at radius 2 is 1.51 bits per heavy atom. The minimum atomic E-state index is -4.33. The van der Waals surface area contributed by atoms with Crippen molar-refractivity contribution in [3.8, 4) is 0 Å². The molecule has 4 aromatic rings. The summed E-state index contributed by atoms with van der Waals surface area (Å²) in [7, 11) is -4.33. The average molecular weight is 671 g/mol. The third-order valence-corrected chi connectivity index (χ3v) is 9.48. The van der Waals surface area contributed by atoms with Crippen LogP contribution in [0.1, 0.15) is 30.9 Å². The summed E-state index contributed by atoms with van der Waals surface area (Å²) in [6.07, 6.45) is 1.76. The number of amides is 2. The SMILES string of the molecule is CCCCNC(=O)[C@@H](Cc1ccccc1)N(Cc1ccc(F)cc1)C(=O)CN(c1cc(Cl)ccc1Cl)S(=O)(=O)c1ccccc1. The van der Waals surface area contributed by atoms with E-state index in [1.54, 1.807) is 18.2 Å². The van der Waals surface area contributed by atoms with Gasteiger partial charge in [0.25, 0.3) is 10.0 Å². The van der Waals surface area contributed by atoms with E-state index in [0.717, 1.165) is 22.7 Å². The summed E-state index contributed by atoms with van der Waals surface area (Å²) >= 11 is 12.8. The lowest BCUT2D eigenvalue weighted by atomic mass is 10.0. The van der Waals surface area contributed by atoms with Crippen LogP contribution in [0.2, 0.25) is 10.0 Å². The summed E-state index contributed by atoms with van der Waals surface area (Å²) in [6, 6.07) is 25.8. The first-order chi connectivity index (χ1) is 21.6. The van der Waals surface area contributed by atoms with E-state index in [9.17, 15) is 22.4 Å². The van der Waals surface area contributed by atoms with E-state index in [2.05, 4.69) is 5.32 Å². The minimum absolute atomic E-state index is 0.00936. The highest BCUT2D eigenvalue weighted by molar-refractivity contribution is 7.92. The molecule has 0 spiro atoms. The van der Waals surface area contributed by atoms with E-state index < -0.39 is 34.3 Å². The molecule has 4 aromatic carbocycles. The molecular weight excluding hydrogens is 636 g/mol. The first-order valence-electron chi connectivity index (χ1n) is 14.5. The van der Waals surface area contributed by atoms with Crippen LogP contribution in [-0.2, 0) is 32.6 Å². The zero-order valence-corrected chi connectivity index (χ0v) is 27.0. The van der Waals surface area contributed by atoms with E-state index in [1.165, 1.54) is 59.5 Å². The lowest BCUT2D eigenvalue weighted by molar-refractivity contribution is -0.140. The largest absolute Gasteiger partial charge is 0.354 e. The molecule has 7 nitrogen and oxygen atoms in total. The van der Waals surface area contributed by atoms with Crippen molar-refractivity contribution < 1.29 is 22.4 Å². The predicted molar refractivity (Wildman–Crippen MR) is 176 cm³/mol. The highest BCUT2D eigenvalue weighted by atomic mass is 35.5. The second-order valence-corrected chi connectivity index (χ2v) is 13.1. The molecule has 0 saturated heterocycles. The number of unbranched alkanes of at least 4 members (excludes halogenated alkanes) is 1. The summed E-state index contributed by atoms with van der Waals surface area (Å²) in [5.41, 5.74) is 1.37. The normalized spacial score (nSPS) is 11.9. The van der Waals surface area contributed by atoms with Gasteiger partial charge in [0.2, 0.25) is 11.8 Å². The first-order valence-corrected chi connectivity index (χ1v) is 16.7. The molecule has 0 fully saturated rings. The number of nitrogens with zero attached hydrogens (tertiary/aromatic N) is 2. The molecule has 0 aliphatic carbocycles. The van der Waals surface area contributed by atoms with Crippen LogP contribution >= 0.6 is 23.2 Å². The molecule has 0 bridgehead atoms. The van der Waals surface area contributed by atoms with Crippen molar-refractivity contribution in [2.75, 3.05) is 17.4 Å². The monoisotopic (exact) mass is 669 g/mol. The van der Waals surface area contributed by atoms with Crippen LogP contribution in [0.3, 0.4) is 0 Å². The number of anilines is 1. The highest BCUT2D eigenvalue weighted by Gasteiger charge is 2.35. The fourth-order valence-electron chi connectivity index (χ4n) is 4.76. The maximum absolute atomic E-state index is 14.4. The van der Waals surface area contributed by atoms with Crippen LogP contribution in [0, 0.1) is 5.82 Å². The first kappa shape index (κ1) is 34.0. The van der Waals surface area contributed by atoms with Crippen molar-refractivity contribution in [1.82, 2.24) is 10.2 Å². The van der Waals surface area contributed by atoms with E-state index in [1.807, 2.05) is 37.3 Å². The van der Waals surface area contributed by atoms with Crippen molar-refractivity contribution in [3.05, 3.63) is 130 Å². The van der Waals surface area contributed by atoms with Gasteiger partial charge in [0.05, 0.1) is 15.6 Å². The molecule has 45 heavy (non-hydrogen) atoms. The molecule has 0 heterocycles. The van der Waals surface area contributed by atoms with Gasteiger partial charge in [0, 0.05) is 24.5 Å². The Kier molecular flexibility index (Phi) is 12.0. The summed E-state index contributed by atoms with van der Waals surface area (Å²) in [6.45, 7) is 1.64. The smallest absolute Gasteiger partial charge is 0.264 e. The molecule has 1 atom stereocenters. The number of hydrogen-bond donors (Lipinski definition) is 1. The standard InChI is InChI=1S/C34H34Cl2FN3O4S/c1-2-3-20-38-34(42)32(21-25-10-6-4-7-11-25)39(23-26-14-17-28(37)18-15-26)33(41)24-40(31-22-27(35)16-19-30(31)36)45(43,44)29-12-8-5-9-13-29/h4-19,22,32H,2-3,20-21,23-24H2,1H3,(H,38,42)/t32-/m1/s1. The molecule has 0 saturated carbocycles. The van der Waals surface area contributed by atoms with Gasteiger partial charge in [-0.3, -0.25) is 13.9 Å². The third kappa shape index (κ3) is 9.06. The number of sulfonamides is 1. The Balaban J connectivity index is 1.81. The van der Waals surface area contributed by atoms with Crippen molar-refractivity contribution in [1.29, 1.82) is 0 Å². The van der Waals surface area contributed by atoms with E-state index in [0.29, 0.717) is 12.1 Å². The Hall–Kier alpha value is -3.92. The zero-order valence-electron chi connectivity index (χ0n) is 24.7. The van der Waals surface area contributed by atoms with Crippen molar-refractivity contribution >= 4 is 50.7 Å². The number of rotatable bonds is 14. The van der Waals surface area contributed by atoms with Crippen molar-refractivity contribution in [2.24, 2.45) is 0 Å². The van der Waals surface area contributed by atoms with Gasteiger partial charge in [0.1, 0.15) is 18.4 Å². The fourth-order valence-corrected chi connectivity index (χ4v) is 6.64. The lowest BCUT2D eigenvalue weighted by Crippen LogP contribution is -2.53. The lowest BCUT2D eigenvalue weighted by Gasteiger charge is -2.34. The topological polar surface area (TPSA) is 86.8 Å². The van der Waals surface area contributed by atoms with Gasteiger partial charge in [-0.15, -0.1) is 0 Å². The highest BCUT2D eigenvalue weighted by Crippen LogP contribution is 2.33. The van der Waals surface area contributed by atoms with Gasteiger partial charge in [-0.05, 0) is 60.0 Å². The van der Waals surface area contributed by atoms with Crippen LogP contribution in [0.5, 0.6) is 0 Å². The third-order valence-electron chi connectivity index (χ3n) is 7.15. The molecular formula is C34H34Cl2FN3O4S. The van der Waals surface area contributed by atoms with Gasteiger partial charge in [-0.2, -0.15) is 0 Å². The van der Waals surface area contributed by atoms with Crippen LogP contribution in [0.15, 0.2) is 108 Å². The Labute approximate surface area is 273 Å². The minimum Gasteiger partial charge on any atom is -0.354 e. The Bertz CT molecular complexity index is 1690. The predicted octanol–water partition coefficient (Wildman–Crippen LogP) is 6.88. The second kappa shape index (κ2) is 15.9. The molecule has 236 valence electrons. The summed E-state index contributed by atoms with van der Waals surface area (Å²) in [5, 5.41) is 3.21. The number of nitrogens with one attached hydrogen (secondary N) is 1. The van der Waals surface area contributed by atoms with Gasteiger partial charge in [-0.25, -0.2) is 12.8 Å². The van der Waals surface area contributed by atoms with Gasteiger partial charge >= 0.3 is 0 Å². The molecule has 4 rings (SSSR count). The molecule has 1 N–H and O–H groups in total. The van der Waals surface area contributed by atoms with E-state index >= 15 is 0 Å². The van der Waals surface area contributed by atoms with Crippen LogP contribution < -0.4 is 9.62 Å². The number of carbonyl (C=O) groups is 2. The molecule has 0 radical (unpaired) electrons. The summed E-state index contributed by atoms with van der Waals surface area (Å²) < 4.78 is 42.8. The molecule has 0 unspecified atom stereocenters. The zero-order chi connectivity index (χ0) is 32.4. The second-order valence-electron chi connectivity index (χ2n) is 10.4. The molecule has 0 aromatic heterocycles. The van der Waals surface area contributed by atoms with Gasteiger partial charge < -0.3 is 10.2 Å².